The number of nitrogens with zero attached hydrogens (tertiary/aromatic N) is 1. The lowest BCUT2D eigenvalue weighted by Gasteiger charge is -2.15. The van der Waals surface area contributed by atoms with Crippen molar-refractivity contribution in [2.24, 2.45) is 0 Å². The van der Waals surface area contributed by atoms with Gasteiger partial charge < -0.3 is 4.74 Å². The van der Waals surface area contributed by atoms with Crippen LogP contribution < -0.4 is 0 Å². The van der Waals surface area contributed by atoms with Crippen molar-refractivity contribution in [3.8, 4) is 0 Å². The highest BCUT2D eigenvalue weighted by Gasteiger charge is 2.15. The Morgan fingerprint density at radius 1 is 1.57 bits per heavy atom. The van der Waals surface area contributed by atoms with Crippen LogP contribution >= 0.6 is 0 Å². The van der Waals surface area contributed by atoms with Gasteiger partial charge in [-0.05, 0) is 31.1 Å². The number of aromatic nitrogens is 1. The van der Waals surface area contributed by atoms with Crippen molar-refractivity contribution in [1.29, 1.82) is 0 Å². The average molecular weight is 189 g/mol. The van der Waals surface area contributed by atoms with Crippen molar-refractivity contribution in [3.63, 3.8) is 0 Å². The summed E-state index contributed by atoms with van der Waals surface area (Å²) < 4.78 is 5.10. The monoisotopic (exact) mass is 189 g/mol. The molecule has 0 unspecified atom stereocenters. The molecule has 0 bridgehead atoms. The molecule has 2 rings (SSSR count). The number of rotatable bonds is 1. The Bertz CT molecular complexity index is 396. The molecule has 1 heterocycles. The molecule has 0 radical (unpaired) electrons. The van der Waals surface area contributed by atoms with Gasteiger partial charge in [0.1, 0.15) is 5.76 Å². The summed E-state index contributed by atoms with van der Waals surface area (Å²) in [5.74, 6) is 0.361. The maximum atomic E-state index is 10.8. The van der Waals surface area contributed by atoms with Crippen LogP contribution in [0.4, 0.5) is 0 Å². The molecule has 1 aliphatic carbocycles. The molecule has 0 aromatic carbocycles. The first-order valence-corrected chi connectivity index (χ1v) is 4.60. The van der Waals surface area contributed by atoms with E-state index >= 15 is 0 Å². The van der Waals surface area contributed by atoms with Crippen LogP contribution in [0.2, 0.25) is 0 Å². The van der Waals surface area contributed by atoms with Crippen LogP contribution in [0.1, 0.15) is 24.6 Å². The van der Waals surface area contributed by atoms with Crippen LogP contribution in [0.5, 0.6) is 0 Å². The smallest absolute Gasteiger partial charge is 0.308 e. The second-order valence-corrected chi connectivity index (χ2v) is 3.20. The van der Waals surface area contributed by atoms with E-state index in [0.717, 1.165) is 24.1 Å². The molecular formula is C11H11NO2. The Hall–Kier alpha value is -1.64. The molecule has 0 fully saturated rings. The minimum absolute atomic E-state index is 0.284. The molecule has 1 aromatic heterocycles. The zero-order valence-electron chi connectivity index (χ0n) is 7.99. The second kappa shape index (κ2) is 3.62. The maximum Gasteiger partial charge on any atom is 0.308 e. The number of aryl methyl sites for hydroxylation is 1. The van der Waals surface area contributed by atoms with Gasteiger partial charge in [-0.3, -0.25) is 9.78 Å². The fourth-order valence-electron chi connectivity index (χ4n) is 1.56. The summed E-state index contributed by atoms with van der Waals surface area (Å²) in [5, 5.41) is 0. The van der Waals surface area contributed by atoms with Crippen molar-refractivity contribution in [2.45, 2.75) is 19.8 Å². The van der Waals surface area contributed by atoms with Gasteiger partial charge in [0.15, 0.2) is 0 Å². The molecular weight excluding hydrogens is 178 g/mol. The normalized spacial score (nSPS) is 14.2. The second-order valence-electron chi connectivity index (χ2n) is 3.20. The van der Waals surface area contributed by atoms with Crippen molar-refractivity contribution in [3.05, 3.63) is 35.7 Å². The molecule has 3 heteroatoms. The third-order valence-electron chi connectivity index (χ3n) is 2.12. The number of ether oxygens (including phenoxy) is 1. The Labute approximate surface area is 82.4 Å². The van der Waals surface area contributed by atoms with Crippen LogP contribution in [0.25, 0.3) is 5.76 Å². The third-order valence-corrected chi connectivity index (χ3v) is 2.12. The summed E-state index contributed by atoms with van der Waals surface area (Å²) in [6, 6.07) is 3.78. The summed E-state index contributed by atoms with van der Waals surface area (Å²) in [5.41, 5.74) is 1.94. The van der Waals surface area contributed by atoms with E-state index < -0.39 is 0 Å². The fourth-order valence-corrected chi connectivity index (χ4v) is 1.56. The highest BCUT2D eigenvalue weighted by Crippen LogP contribution is 2.25. The lowest BCUT2D eigenvalue weighted by atomic mass is 10.0. The lowest BCUT2D eigenvalue weighted by molar-refractivity contribution is -0.134. The van der Waals surface area contributed by atoms with Gasteiger partial charge in [-0.15, -0.1) is 0 Å². The van der Waals surface area contributed by atoms with Gasteiger partial charge in [-0.25, -0.2) is 0 Å². The van der Waals surface area contributed by atoms with E-state index in [1.54, 1.807) is 6.20 Å². The number of hydrogen-bond donors (Lipinski definition) is 0. The fraction of sp³-hybridized carbons (Fsp3) is 0.273. The lowest BCUT2D eigenvalue weighted by Crippen LogP contribution is -2.06. The standard InChI is InChI=1S/C11H11NO2/c1-8(13)14-11-6-2-5-10-9(11)4-3-7-12-10/h3-4,6-7H,2,5H2,1H3. The Kier molecular flexibility index (Phi) is 2.31. The first kappa shape index (κ1) is 8.94. The quantitative estimate of drug-likeness (QED) is 0.634. The average Bonchev–Trinajstić information content (AvgIpc) is 2.18. The molecule has 0 spiro atoms. The van der Waals surface area contributed by atoms with Crippen molar-refractivity contribution in [1.82, 2.24) is 4.98 Å². The van der Waals surface area contributed by atoms with E-state index in [1.165, 1.54) is 6.92 Å². The van der Waals surface area contributed by atoms with Crippen LogP contribution in [0.3, 0.4) is 0 Å². The molecule has 1 aliphatic rings. The minimum Gasteiger partial charge on any atom is -0.426 e. The van der Waals surface area contributed by atoms with Gasteiger partial charge in [0.2, 0.25) is 0 Å². The molecule has 0 saturated heterocycles. The minimum atomic E-state index is -0.284. The highest BCUT2D eigenvalue weighted by atomic mass is 16.5. The molecule has 0 saturated carbocycles. The van der Waals surface area contributed by atoms with E-state index in [1.807, 2.05) is 18.2 Å². The number of allylic oxidation sites excluding steroid dienone is 1. The molecule has 0 atom stereocenters. The van der Waals surface area contributed by atoms with E-state index in [0.29, 0.717) is 5.76 Å². The van der Waals surface area contributed by atoms with E-state index in [2.05, 4.69) is 4.98 Å². The summed E-state index contributed by atoms with van der Waals surface area (Å²) in [6.45, 7) is 1.41. The summed E-state index contributed by atoms with van der Waals surface area (Å²) in [7, 11) is 0. The number of carbonyl (C=O) groups excluding carboxylic acids is 1. The number of carbonyl (C=O) groups is 1. The summed E-state index contributed by atoms with van der Waals surface area (Å²) in [6.07, 6.45) is 5.49. The topological polar surface area (TPSA) is 39.2 Å². The highest BCUT2D eigenvalue weighted by molar-refractivity contribution is 5.77. The molecule has 0 N–H and O–H groups in total. The predicted molar refractivity (Wildman–Crippen MR) is 52.3 cm³/mol. The SMILES string of the molecule is CC(=O)OC1=CCCc2ncccc21. The van der Waals surface area contributed by atoms with E-state index in [4.69, 9.17) is 4.74 Å². The van der Waals surface area contributed by atoms with Crippen LogP contribution in [0, 0.1) is 0 Å². The zero-order chi connectivity index (χ0) is 9.97. The largest absolute Gasteiger partial charge is 0.426 e. The van der Waals surface area contributed by atoms with Crippen molar-refractivity contribution >= 4 is 11.7 Å². The van der Waals surface area contributed by atoms with Gasteiger partial charge in [-0.2, -0.15) is 0 Å². The van der Waals surface area contributed by atoms with Gasteiger partial charge in [0.05, 0.1) is 5.69 Å². The van der Waals surface area contributed by atoms with Gasteiger partial charge in [0, 0.05) is 18.7 Å². The number of pyridine rings is 1. The predicted octanol–water partition coefficient (Wildman–Crippen LogP) is 1.93. The molecule has 1 aromatic rings. The van der Waals surface area contributed by atoms with Crippen LogP contribution in [-0.2, 0) is 16.0 Å². The van der Waals surface area contributed by atoms with Crippen molar-refractivity contribution in [2.75, 3.05) is 0 Å². The Morgan fingerprint density at radius 2 is 2.43 bits per heavy atom. The molecule has 72 valence electrons. The van der Waals surface area contributed by atoms with Crippen LogP contribution in [0.15, 0.2) is 24.4 Å². The first-order chi connectivity index (χ1) is 6.77. The number of esters is 1. The first-order valence-electron chi connectivity index (χ1n) is 4.60. The van der Waals surface area contributed by atoms with E-state index in [9.17, 15) is 4.79 Å². The molecule has 3 nitrogen and oxygen atoms in total. The molecule has 0 amide bonds. The zero-order valence-corrected chi connectivity index (χ0v) is 7.99. The Balaban J connectivity index is 2.35. The van der Waals surface area contributed by atoms with E-state index in [-0.39, 0.29) is 5.97 Å². The summed E-state index contributed by atoms with van der Waals surface area (Å²) in [4.78, 5) is 15.1. The number of fused-ring (bicyclic) bond motifs is 1. The van der Waals surface area contributed by atoms with Crippen LogP contribution in [-0.4, -0.2) is 11.0 Å². The third kappa shape index (κ3) is 1.66. The number of hydrogen-bond acceptors (Lipinski definition) is 3. The Morgan fingerprint density at radius 3 is 3.21 bits per heavy atom. The molecule has 0 aliphatic heterocycles. The summed E-state index contributed by atoms with van der Waals surface area (Å²) >= 11 is 0. The maximum absolute atomic E-state index is 10.8. The van der Waals surface area contributed by atoms with Gasteiger partial charge >= 0.3 is 5.97 Å². The molecule has 14 heavy (non-hydrogen) atoms. The van der Waals surface area contributed by atoms with Gasteiger partial charge in [-0.1, -0.05) is 0 Å². The van der Waals surface area contributed by atoms with Gasteiger partial charge in [0.25, 0.3) is 0 Å². The van der Waals surface area contributed by atoms with Crippen molar-refractivity contribution < 1.29 is 9.53 Å².